The predicted molar refractivity (Wildman–Crippen MR) is 126 cm³/mol. The van der Waals surface area contributed by atoms with Crippen LogP contribution in [0.1, 0.15) is 41.7 Å². The summed E-state index contributed by atoms with van der Waals surface area (Å²) in [5.41, 5.74) is 3.06. The highest BCUT2D eigenvalue weighted by molar-refractivity contribution is 6.34. The van der Waals surface area contributed by atoms with Gasteiger partial charge in [-0.2, -0.15) is 5.10 Å². The van der Waals surface area contributed by atoms with Gasteiger partial charge in [0.2, 0.25) is 0 Å². The molecule has 31 heavy (non-hydrogen) atoms. The van der Waals surface area contributed by atoms with Crippen LogP contribution >= 0.6 is 11.6 Å². The van der Waals surface area contributed by atoms with E-state index in [2.05, 4.69) is 52.6 Å². The molecular weight excluding hydrogens is 408 g/mol. The molecule has 1 N–H and O–H groups in total. The minimum Gasteiger partial charge on any atom is -0.307 e. The van der Waals surface area contributed by atoms with Crippen molar-refractivity contribution in [1.82, 2.24) is 14.7 Å². The van der Waals surface area contributed by atoms with E-state index in [9.17, 15) is 4.79 Å². The number of rotatable bonds is 6. The van der Waals surface area contributed by atoms with Crippen molar-refractivity contribution in [2.75, 3.05) is 25.0 Å². The van der Waals surface area contributed by atoms with Crippen LogP contribution in [0.15, 0.2) is 72.4 Å². The van der Waals surface area contributed by atoms with Crippen LogP contribution in [0.5, 0.6) is 0 Å². The first-order chi connectivity index (χ1) is 15.1. The highest BCUT2D eigenvalue weighted by Crippen LogP contribution is 2.26. The quantitative estimate of drug-likeness (QED) is 0.555. The fraction of sp³-hybridized carbons (Fsp3) is 0.280. The molecule has 4 rings (SSSR count). The number of nitrogens with zero attached hydrogens (tertiary/aromatic N) is 3. The summed E-state index contributed by atoms with van der Waals surface area (Å²) in [5.74, 6) is 0.495. The lowest BCUT2D eigenvalue weighted by Gasteiger charge is -2.33. The molecule has 1 fully saturated rings. The number of benzene rings is 2. The zero-order chi connectivity index (χ0) is 21.6. The molecule has 0 saturated carbocycles. The van der Waals surface area contributed by atoms with E-state index in [0.717, 1.165) is 32.5 Å². The largest absolute Gasteiger partial charge is 0.307 e. The molecule has 1 aromatic heterocycles. The zero-order valence-corrected chi connectivity index (χ0v) is 18.4. The number of carbonyl (C=O) groups is 1. The van der Waals surface area contributed by atoms with E-state index in [0.29, 0.717) is 16.4 Å². The van der Waals surface area contributed by atoms with Crippen LogP contribution in [-0.2, 0) is 0 Å². The maximum atomic E-state index is 12.6. The van der Waals surface area contributed by atoms with Crippen molar-refractivity contribution in [2.24, 2.45) is 0 Å². The van der Waals surface area contributed by atoms with Crippen LogP contribution in [-0.4, -0.2) is 40.2 Å². The fourth-order valence-corrected chi connectivity index (χ4v) is 4.31. The Balaban J connectivity index is 1.35. The summed E-state index contributed by atoms with van der Waals surface area (Å²) in [6, 6.07) is 19.6. The van der Waals surface area contributed by atoms with Gasteiger partial charge in [-0.25, -0.2) is 4.68 Å². The summed E-state index contributed by atoms with van der Waals surface area (Å²) in [4.78, 5) is 15.1. The second-order valence-corrected chi connectivity index (χ2v) is 8.41. The van der Waals surface area contributed by atoms with Crippen molar-refractivity contribution in [1.29, 1.82) is 0 Å². The minimum atomic E-state index is -0.216. The van der Waals surface area contributed by atoms with Crippen molar-refractivity contribution >= 4 is 29.4 Å². The lowest BCUT2D eigenvalue weighted by Crippen LogP contribution is -2.36. The summed E-state index contributed by atoms with van der Waals surface area (Å²) in [6.45, 7) is 5.16. The van der Waals surface area contributed by atoms with Gasteiger partial charge in [-0.1, -0.05) is 65.7 Å². The van der Waals surface area contributed by atoms with E-state index >= 15 is 0 Å². The Hall–Kier alpha value is -2.89. The van der Waals surface area contributed by atoms with Crippen molar-refractivity contribution in [3.05, 3.63) is 88.6 Å². The lowest BCUT2D eigenvalue weighted by molar-refractivity contribution is 0.102. The van der Waals surface area contributed by atoms with Gasteiger partial charge >= 0.3 is 0 Å². The Bertz CT molecular complexity index is 1050. The van der Waals surface area contributed by atoms with Gasteiger partial charge in [0.15, 0.2) is 0 Å². The number of amides is 1. The average Bonchev–Trinajstić information content (AvgIpc) is 3.23. The lowest BCUT2D eigenvalue weighted by atomic mass is 10.0. The molecule has 0 atom stereocenters. The molecule has 0 bridgehead atoms. The molecule has 0 aliphatic carbocycles. The summed E-state index contributed by atoms with van der Waals surface area (Å²) >= 11 is 6.16. The van der Waals surface area contributed by atoms with Gasteiger partial charge in [-0.05, 0) is 37.5 Å². The van der Waals surface area contributed by atoms with Crippen LogP contribution in [0.25, 0.3) is 6.08 Å². The Labute approximate surface area is 188 Å². The van der Waals surface area contributed by atoms with Crippen molar-refractivity contribution in [3.63, 3.8) is 0 Å². The summed E-state index contributed by atoms with van der Waals surface area (Å²) in [7, 11) is 0. The number of nitrogens with one attached hydrogen (secondary N) is 1. The minimum absolute atomic E-state index is 0.216. The smallest absolute Gasteiger partial charge is 0.258 e. The molecule has 0 unspecified atom stereocenters. The Kier molecular flexibility index (Phi) is 6.85. The van der Waals surface area contributed by atoms with Crippen molar-refractivity contribution in [3.8, 4) is 0 Å². The topological polar surface area (TPSA) is 50.2 Å². The third-order valence-electron chi connectivity index (χ3n) is 5.62. The molecule has 1 amide bonds. The molecule has 3 aromatic rings. The number of anilines is 1. The average molecular weight is 435 g/mol. The normalized spacial score (nSPS) is 15.7. The highest BCUT2D eigenvalue weighted by Gasteiger charge is 2.23. The van der Waals surface area contributed by atoms with Gasteiger partial charge in [-0.15, -0.1) is 0 Å². The number of carbonyl (C=O) groups excluding carboxylic acids is 1. The number of hydrogen-bond acceptors (Lipinski definition) is 3. The maximum absolute atomic E-state index is 12.6. The van der Waals surface area contributed by atoms with Gasteiger partial charge in [0.1, 0.15) is 5.82 Å². The maximum Gasteiger partial charge on any atom is 0.258 e. The molecule has 1 aliphatic heterocycles. The summed E-state index contributed by atoms with van der Waals surface area (Å²) in [5, 5.41) is 7.90. The molecular formula is C25H27ClN4O. The molecule has 0 spiro atoms. The number of piperidine rings is 1. The molecule has 1 saturated heterocycles. The SMILES string of the molecule is CC(=Cc1ccccc1)CN1CCC(n2nccc2NC(=O)c2ccccc2Cl)CC1. The molecule has 2 aromatic carbocycles. The number of aromatic nitrogens is 2. The van der Waals surface area contributed by atoms with Crippen LogP contribution in [0.2, 0.25) is 5.02 Å². The summed E-state index contributed by atoms with van der Waals surface area (Å²) < 4.78 is 1.94. The number of hydrogen-bond donors (Lipinski definition) is 1. The van der Waals surface area contributed by atoms with Gasteiger partial charge in [0.25, 0.3) is 5.91 Å². The first-order valence-electron chi connectivity index (χ1n) is 10.6. The predicted octanol–water partition coefficient (Wildman–Crippen LogP) is 5.53. The van der Waals surface area contributed by atoms with Crippen LogP contribution in [0.4, 0.5) is 5.82 Å². The molecule has 6 heteroatoms. The Morgan fingerprint density at radius 1 is 1.10 bits per heavy atom. The molecule has 2 heterocycles. The van der Waals surface area contributed by atoms with E-state index in [4.69, 9.17) is 11.6 Å². The molecule has 0 radical (unpaired) electrons. The first-order valence-corrected chi connectivity index (χ1v) is 11.0. The third kappa shape index (κ3) is 5.43. The van der Waals surface area contributed by atoms with Crippen molar-refractivity contribution in [2.45, 2.75) is 25.8 Å². The van der Waals surface area contributed by atoms with Gasteiger partial charge < -0.3 is 5.32 Å². The summed E-state index contributed by atoms with van der Waals surface area (Å²) in [6.07, 6.45) is 5.98. The number of likely N-dealkylation sites (tertiary alicyclic amines) is 1. The highest BCUT2D eigenvalue weighted by atomic mass is 35.5. The van der Waals surface area contributed by atoms with E-state index in [1.54, 1.807) is 18.3 Å². The second-order valence-electron chi connectivity index (χ2n) is 8.00. The van der Waals surface area contributed by atoms with E-state index in [-0.39, 0.29) is 11.9 Å². The van der Waals surface area contributed by atoms with Gasteiger partial charge in [0.05, 0.1) is 22.8 Å². The fourth-order valence-electron chi connectivity index (χ4n) is 4.09. The molecule has 1 aliphatic rings. The third-order valence-corrected chi connectivity index (χ3v) is 5.95. The molecule has 160 valence electrons. The van der Waals surface area contributed by atoms with E-state index in [1.165, 1.54) is 11.1 Å². The van der Waals surface area contributed by atoms with Crippen LogP contribution in [0, 0.1) is 0 Å². The first kappa shape index (κ1) is 21.3. The Morgan fingerprint density at radius 2 is 1.81 bits per heavy atom. The number of halogens is 1. The van der Waals surface area contributed by atoms with Crippen LogP contribution in [0.3, 0.4) is 0 Å². The molecule has 5 nitrogen and oxygen atoms in total. The van der Waals surface area contributed by atoms with E-state index < -0.39 is 0 Å². The second kappa shape index (κ2) is 9.94. The monoisotopic (exact) mass is 434 g/mol. The van der Waals surface area contributed by atoms with Gasteiger partial charge in [0, 0.05) is 25.7 Å². The Morgan fingerprint density at radius 3 is 2.55 bits per heavy atom. The van der Waals surface area contributed by atoms with E-state index in [1.807, 2.05) is 28.9 Å². The van der Waals surface area contributed by atoms with Gasteiger partial charge in [-0.3, -0.25) is 9.69 Å². The van der Waals surface area contributed by atoms with Crippen molar-refractivity contribution < 1.29 is 4.79 Å². The van der Waals surface area contributed by atoms with Crippen LogP contribution < -0.4 is 5.32 Å². The zero-order valence-electron chi connectivity index (χ0n) is 17.7. The standard InChI is InChI=1S/C25H27ClN4O/c1-19(17-20-7-3-2-4-8-20)18-29-15-12-21(13-16-29)30-24(11-14-27-30)28-25(31)22-9-5-6-10-23(22)26/h2-11,14,17,21H,12-13,15-16,18H2,1H3,(H,28,31).